The van der Waals surface area contributed by atoms with Gasteiger partial charge in [-0.15, -0.1) is 0 Å². The van der Waals surface area contributed by atoms with Gasteiger partial charge >= 0.3 is 0 Å². The van der Waals surface area contributed by atoms with Crippen molar-refractivity contribution in [3.8, 4) is 0 Å². The van der Waals surface area contributed by atoms with Crippen LogP contribution in [-0.4, -0.2) is 17.5 Å². The molecule has 0 aromatic carbocycles. The zero-order valence-corrected chi connectivity index (χ0v) is 12.0. The highest BCUT2D eigenvalue weighted by atomic mass is 16.3. The van der Waals surface area contributed by atoms with Crippen molar-refractivity contribution in [1.82, 2.24) is 0 Å². The Hall–Kier alpha value is -0.370. The number of Topliss-reactive ketones (excluding diaryl/α,β-unsaturated/α-hetero) is 1. The summed E-state index contributed by atoms with van der Waals surface area (Å²) < 4.78 is 0. The summed E-state index contributed by atoms with van der Waals surface area (Å²) in [4.78, 5) is 12.4. The summed E-state index contributed by atoms with van der Waals surface area (Å²) in [5.41, 5.74) is 0.539. The third-order valence-corrected chi connectivity index (χ3v) is 5.25. The van der Waals surface area contributed by atoms with Gasteiger partial charge in [-0.2, -0.15) is 0 Å². The van der Waals surface area contributed by atoms with Gasteiger partial charge in [0, 0.05) is 18.9 Å². The third-order valence-electron chi connectivity index (χ3n) is 5.25. The highest BCUT2D eigenvalue weighted by molar-refractivity contribution is 5.82. The lowest BCUT2D eigenvalue weighted by atomic mass is 9.31. The van der Waals surface area contributed by atoms with Crippen molar-refractivity contribution in [3.05, 3.63) is 0 Å². The van der Waals surface area contributed by atoms with Crippen molar-refractivity contribution < 1.29 is 9.90 Å². The molecule has 0 saturated heterocycles. The van der Waals surface area contributed by atoms with Crippen LogP contribution in [0.1, 0.15) is 71.6 Å². The quantitative estimate of drug-likeness (QED) is 0.635. The van der Waals surface area contributed by atoms with Crippen LogP contribution in [0.3, 0.4) is 0 Å². The SMILES string of the molecule is CCCCCC(=O)C(CCC)C12CC(CO)(C1)C2. The van der Waals surface area contributed by atoms with Crippen molar-refractivity contribution in [2.24, 2.45) is 16.7 Å². The summed E-state index contributed by atoms with van der Waals surface area (Å²) in [6, 6.07) is 0. The number of aliphatic hydroxyl groups is 1. The molecule has 1 atom stereocenters. The predicted octanol–water partition coefficient (Wildman–Crippen LogP) is 3.71. The van der Waals surface area contributed by atoms with Crippen LogP contribution in [0.5, 0.6) is 0 Å². The average Bonchev–Trinajstić information content (AvgIpc) is 2.25. The Bertz CT molecular complexity index is 288. The standard InChI is InChI=1S/C16H28O2/c1-3-5-6-8-14(18)13(7-4-2)16-9-15(10-16,11-16)12-17/h13,17H,3-12H2,1-2H3. The summed E-state index contributed by atoms with van der Waals surface area (Å²) in [5, 5.41) is 9.34. The first-order chi connectivity index (χ1) is 8.61. The van der Waals surface area contributed by atoms with Gasteiger partial charge < -0.3 is 5.11 Å². The minimum absolute atomic E-state index is 0.232. The maximum atomic E-state index is 12.4. The topological polar surface area (TPSA) is 37.3 Å². The molecule has 1 unspecified atom stereocenters. The molecule has 0 aromatic rings. The van der Waals surface area contributed by atoms with Gasteiger partial charge in [0.05, 0.1) is 0 Å². The van der Waals surface area contributed by atoms with Crippen LogP contribution in [0.4, 0.5) is 0 Å². The van der Waals surface area contributed by atoms with E-state index in [1.54, 1.807) is 0 Å². The van der Waals surface area contributed by atoms with E-state index in [1.165, 1.54) is 12.8 Å². The highest BCUT2D eigenvalue weighted by Gasteiger charge is 2.70. The van der Waals surface area contributed by atoms with Crippen LogP contribution in [-0.2, 0) is 4.79 Å². The zero-order chi connectivity index (χ0) is 13.2. The van der Waals surface area contributed by atoms with Crippen LogP contribution >= 0.6 is 0 Å². The number of hydrogen-bond donors (Lipinski definition) is 1. The Morgan fingerprint density at radius 3 is 2.33 bits per heavy atom. The molecule has 18 heavy (non-hydrogen) atoms. The van der Waals surface area contributed by atoms with E-state index in [4.69, 9.17) is 0 Å². The molecule has 0 aromatic heterocycles. The molecule has 0 spiro atoms. The lowest BCUT2D eigenvalue weighted by Gasteiger charge is -2.73. The second-order valence-corrected chi connectivity index (χ2v) is 6.82. The van der Waals surface area contributed by atoms with Crippen molar-refractivity contribution in [2.75, 3.05) is 6.61 Å². The van der Waals surface area contributed by atoms with Crippen molar-refractivity contribution in [2.45, 2.75) is 71.6 Å². The van der Waals surface area contributed by atoms with E-state index in [0.717, 1.165) is 44.9 Å². The Morgan fingerprint density at radius 2 is 1.83 bits per heavy atom. The summed E-state index contributed by atoms with van der Waals surface area (Å²) in [7, 11) is 0. The molecule has 1 N–H and O–H groups in total. The first-order valence-electron chi connectivity index (χ1n) is 7.75. The van der Waals surface area contributed by atoms with Gasteiger partial charge in [0.2, 0.25) is 0 Å². The molecular formula is C16H28O2. The lowest BCUT2D eigenvalue weighted by molar-refractivity contribution is -0.249. The molecule has 3 fully saturated rings. The summed E-state index contributed by atoms with van der Waals surface area (Å²) in [5.74, 6) is 0.810. The minimum atomic E-state index is 0.232. The number of aliphatic hydroxyl groups excluding tert-OH is 1. The number of rotatable bonds is 9. The monoisotopic (exact) mass is 252 g/mol. The van der Waals surface area contributed by atoms with Crippen molar-refractivity contribution in [1.29, 1.82) is 0 Å². The molecule has 0 heterocycles. The summed E-state index contributed by atoms with van der Waals surface area (Å²) in [6.07, 6.45) is 9.72. The fourth-order valence-electron chi connectivity index (χ4n) is 4.44. The molecular weight excluding hydrogens is 224 g/mol. The Kier molecular flexibility index (Phi) is 4.15. The number of hydrogen-bond acceptors (Lipinski definition) is 2. The van der Waals surface area contributed by atoms with Gasteiger partial charge in [-0.05, 0) is 42.9 Å². The Morgan fingerprint density at radius 1 is 1.17 bits per heavy atom. The maximum Gasteiger partial charge on any atom is 0.136 e. The number of carbonyl (C=O) groups is 1. The fraction of sp³-hybridized carbons (Fsp3) is 0.938. The molecule has 2 bridgehead atoms. The largest absolute Gasteiger partial charge is 0.396 e. The molecule has 0 radical (unpaired) electrons. The predicted molar refractivity (Wildman–Crippen MR) is 73.3 cm³/mol. The van der Waals surface area contributed by atoms with E-state index in [1.807, 2.05) is 0 Å². The molecule has 3 saturated carbocycles. The molecule has 2 heteroatoms. The first kappa shape index (κ1) is 14.0. The van der Waals surface area contributed by atoms with E-state index >= 15 is 0 Å². The number of ketones is 1. The van der Waals surface area contributed by atoms with E-state index in [0.29, 0.717) is 23.7 Å². The normalized spacial score (nSPS) is 34.6. The molecule has 104 valence electrons. The van der Waals surface area contributed by atoms with E-state index in [2.05, 4.69) is 13.8 Å². The van der Waals surface area contributed by atoms with Gasteiger partial charge in [0.25, 0.3) is 0 Å². The van der Waals surface area contributed by atoms with Crippen LogP contribution in [0.25, 0.3) is 0 Å². The Balaban J connectivity index is 1.87. The minimum Gasteiger partial charge on any atom is -0.396 e. The van der Waals surface area contributed by atoms with E-state index < -0.39 is 0 Å². The molecule has 3 aliphatic rings. The molecule has 2 nitrogen and oxygen atoms in total. The van der Waals surface area contributed by atoms with Gasteiger partial charge in [0.1, 0.15) is 5.78 Å². The second kappa shape index (κ2) is 5.32. The van der Waals surface area contributed by atoms with Gasteiger partial charge in [-0.25, -0.2) is 0 Å². The average molecular weight is 252 g/mol. The molecule has 0 aliphatic heterocycles. The Labute approximate surface area is 111 Å². The lowest BCUT2D eigenvalue weighted by Crippen LogP contribution is -2.67. The highest BCUT2D eigenvalue weighted by Crippen LogP contribution is 2.76. The smallest absolute Gasteiger partial charge is 0.136 e. The van der Waals surface area contributed by atoms with Crippen molar-refractivity contribution >= 4 is 5.78 Å². The van der Waals surface area contributed by atoms with E-state index in [9.17, 15) is 9.90 Å². The van der Waals surface area contributed by atoms with Crippen molar-refractivity contribution in [3.63, 3.8) is 0 Å². The number of carbonyl (C=O) groups excluding carboxylic acids is 1. The second-order valence-electron chi connectivity index (χ2n) is 6.82. The zero-order valence-electron chi connectivity index (χ0n) is 12.0. The molecule has 3 aliphatic carbocycles. The fourth-order valence-corrected chi connectivity index (χ4v) is 4.44. The maximum absolute atomic E-state index is 12.4. The van der Waals surface area contributed by atoms with Crippen LogP contribution in [0.15, 0.2) is 0 Å². The van der Waals surface area contributed by atoms with Crippen LogP contribution < -0.4 is 0 Å². The first-order valence-corrected chi connectivity index (χ1v) is 7.75. The molecule has 3 rings (SSSR count). The summed E-state index contributed by atoms with van der Waals surface area (Å²) >= 11 is 0. The molecule has 0 amide bonds. The third kappa shape index (κ3) is 2.24. The van der Waals surface area contributed by atoms with Crippen LogP contribution in [0, 0.1) is 16.7 Å². The van der Waals surface area contributed by atoms with E-state index in [-0.39, 0.29) is 5.41 Å². The number of unbranched alkanes of at least 4 members (excludes halogenated alkanes) is 2. The van der Waals surface area contributed by atoms with Gasteiger partial charge in [-0.1, -0.05) is 33.1 Å². The van der Waals surface area contributed by atoms with Gasteiger partial charge in [-0.3, -0.25) is 4.79 Å². The van der Waals surface area contributed by atoms with Crippen LogP contribution in [0.2, 0.25) is 0 Å². The van der Waals surface area contributed by atoms with Gasteiger partial charge in [0.15, 0.2) is 0 Å². The summed E-state index contributed by atoms with van der Waals surface area (Å²) in [6.45, 7) is 4.69.